The van der Waals surface area contributed by atoms with Gasteiger partial charge in [-0.25, -0.2) is 4.79 Å². The molecule has 16 heavy (non-hydrogen) atoms. The van der Waals surface area contributed by atoms with E-state index in [4.69, 9.17) is 5.73 Å². The molecule has 88 valence electrons. The van der Waals surface area contributed by atoms with Crippen LogP contribution in [0.1, 0.15) is 12.0 Å². The zero-order chi connectivity index (χ0) is 12.0. The number of benzene rings is 1. The Labute approximate surface area is 96.4 Å². The fraction of sp³-hybridized carbons (Fsp3) is 0.417. The van der Waals surface area contributed by atoms with Gasteiger partial charge in [-0.3, -0.25) is 4.90 Å². The lowest BCUT2D eigenvalue weighted by Gasteiger charge is -2.22. The Balaban J connectivity index is 2.87. The number of amides is 2. The fourth-order valence-corrected chi connectivity index (χ4v) is 1.53. The zero-order valence-electron chi connectivity index (χ0n) is 9.86. The number of carbonyl (C=O) groups excluding carboxylic acids is 1. The van der Waals surface area contributed by atoms with Gasteiger partial charge in [0.25, 0.3) is 0 Å². The van der Waals surface area contributed by atoms with Crippen molar-refractivity contribution < 1.29 is 4.79 Å². The highest BCUT2D eigenvalue weighted by atomic mass is 16.2. The number of nitrogens with one attached hydrogen (secondary N) is 1. The molecule has 1 aromatic rings. The van der Waals surface area contributed by atoms with Gasteiger partial charge < -0.3 is 11.1 Å². The number of nitrogens with two attached hydrogens (primary N) is 1. The first kappa shape index (κ1) is 12.5. The molecule has 1 rings (SSSR count). The molecule has 0 aromatic heterocycles. The van der Waals surface area contributed by atoms with Gasteiger partial charge in [0, 0.05) is 19.3 Å². The molecule has 0 fully saturated rings. The van der Waals surface area contributed by atoms with Crippen molar-refractivity contribution in [3.63, 3.8) is 0 Å². The van der Waals surface area contributed by atoms with Crippen LogP contribution in [-0.4, -0.2) is 26.2 Å². The summed E-state index contributed by atoms with van der Waals surface area (Å²) in [6, 6.07) is 7.78. The van der Waals surface area contributed by atoms with E-state index >= 15 is 0 Å². The predicted octanol–water partition coefficient (Wildman–Crippen LogP) is 1.49. The maximum atomic E-state index is 11.7. The molecule has 0 unspecified atom stereocenters. The summed E-state index contributed by atoms with van der Waals surface area (Å²) in [5.74, 6) is 0. The van der Waals surface area contributed by atoms with Crippen molar-refractivity contribution in [2.45, 2.75) is 13.3 Å². The van der Waals surface area contributed by atoms with Crippen LogP contribution in [-0.2, 0) is 0 Å². The lowest BCUT2D eigenvalue weighted by molar-refractivity contribution is 0.248. The Morgan fingerprint density at radius 1 is 1.50 bits per heavy atom. The van der Waals surface area contributed by atoms with Gasteiger partial charge in [0.2, 0.25) is 0 Å². The third kappa shape index (κ3) is 3.24. The zero-order valence-corrected chi connectivity index (χ0v) is 9.86. The van der Waals surface area contributed by atoms with Crippen LogP contribution in [0.15, 0.2) is 24.3 Å². The first-order valence-corrected chi connectivity index (χ1v) is 5.45. The first-order valence-electron chi connectivity index (χ1n) is 5.45. The topological polar surface area (TPSA) is 58.4 Å². The van der Waals surface area contributed by atoms with Crippen molar-refractivity contribution in [2.24, 2.45) is 5.73 Å². The molecule has 1 aromatic carbocycles. The number of hydrogen-bond acceptors (Lipinski definition) is 2. The number of hydrogen-bond donors (Lipinski definition) is 2. The van der Waals surface area contributed by atoms with E-state index < -0.39 is 0 Å². The van der Waals surface area contributed by atoms with E-state index in [1.807, 2.05) is 31.2 Å². The fourth-order valence-electron chi connectivity index (χ4n) is 1.53. The normalized spacial score (nSPS) is 9.94. The molecule has 0 saturated carbocycles. The van der Waals surface area contributed by atoms with Gasteiger partial charge in [0.05, 0.1) is 0 Å². The van der Waals surface area contributed by atoms with Crippen LogP contribution in [0.5, 0.6) is 0 Å². The number of anilines is 1. The summed E-state index contributed by atoms with van der Waals surface area (Å²) in [5.41, 5.74) is 7.52. The van der Waals surface area contributed by atoms with Gasteiger partial charge in [-0.05, 0) is 37.6 Å². The molecule has 0 atom stereocenters. The molecule has 0 aliphatic rings. The Hall–Kier alpha value is -1.55. The van der Waals surface area contributed by atoms with E-state index in [-0.39, 0.29) is 6.03 Å². The maximum absolute atomic E-state index is 11.7. The third-order valence-corrected chi connectivity index (χ3v) is 2.36. The van der Waals surface area contributed by atoms with E-state index in [0.29, 0.717) is 13.1 Å². The van der Waals surface area contributed by atoms with Crippen LogP contribution in [0.2, 0.25) is 0 Å². The van der Waals surface area contributed by atoms with Gasteiger partial charge in [-0.15, -0.1) is 0 Å². The van der Waals surface area contributed by atoms with Crippen molar-refractivity contribution >= 4 is 11.7 Å². The summed E-state index contributed by atoms with van der Waals surface area (Å²) in [7, 11) is 1.63. The van der Waals surface area contributed by atoms with Crippen LogP contribution < -0.4 is 16.0 Å². The smallest absolute Gasteiger partial charge is 0.321 e. The second-order valence-corrected chi connectivity index (χ2v) is 3.69. The predicted molar refractivity (Wildman–Crippen MR) is 66.7 cm³/mol. The van der Waals surface area contributed by atoms with Gasteiger partial charge in [0.15, 0.2) is 0 Å². The number of carbonyl (C=O) groups is 1. The summed E-state index contributed by atoms with van der Waals surface area (Å²) in [5, 5.41) is 2.64. The number of rotatable bonds is 4. The molecular formula is C12H19N3O. The first-order chi connectivity index (χ1) is 7.69. The highest BCUT2D eigenvalue weighted by Crippen LogP contribution is 2.16. The van der Waals surface area contributed by atoms with E-state index in [2.05, 4.69) is 5.32 Å². The van der Waals surface area contributed by atoms with Gasteiger partial charge in [-0.1, -0.05) is 12.1 Å². The minimum atomic E-state index is -0.0981. The average Bonchev–Trinajstić information content (AvgIpc) is 2.29. The van der Waals surface area contributed by atoms with Gasteiger partial charge >= 0.3 is 6.03 Å². The van der Waals surface area contributed by atoms with E-state index in [1.165, 1.54) is 0 Å². The van der Waals surface area contributed by atoms with Crippen LogP contribution in [0.3, 0.4) is 0 Å². The van der Waals surface area contributed by atoms with E-state index in [9.17, 15) is 4.79 Å². The highest BCUT2D eigenvalue weighted by molar-refractivity contribution is 5.91. The molecule has 0 saturated heterocycles. The lowest BCUT2D eigenvalue weighted by atomic mass is 10.2. The maximum Gasteiger partial charge on any atom is 0.321 e. The average molecular weight is 221 g/mol. The third-order valence-electron chi connectivity index (χ3n) is 2.36. The van der Waals surface area contributed by atoms with Gasteiger partial charge in [0.1, 0.15) is 0 Å². The monoisotopic (exact) mass is 221 g/mol. The number of aryl methyl sites for hydroxylation is 1. The largest absolute Gasteiger partial charge is 0.341 e. The minimum Gasteiger partial charge on any atom is -0.341 e. The molecular weight excluding hydrogens is 202 g/mol. The van der Waals surface area contributed by atoms with E-state index in [1.54, 1.807) is 11.9 Å². The second-order valence-electron chi connectivity index (χ2n) is 3.69. The molecule has 4 heteroatoms. The molecule has 0 spiro atoms. The quantitative estimate of drug-likeness (QED) is 0.809. The Morgan fingerprint density at radius 2 is 2.25 bits per heavy atom. The Bertz CT molecular complexity index is 352. The number of nitrogens with zero attached hydrogens (tertiary/aromatic N) is 1. The van der Waals surface area contributed by atoms with Gasteiger partial charge in [-0.2, -0.15) is 0 Å². The summed E-state index contributed by atoms with van der Waals surface area (Å²) in [6.45, 7) is 3.23. The summed E-state index contributed by atoms with van der Waals surface area (Å²) < 4.78 is 0. The van der Waals surface area contributed by atoms with Crippen LogP contribution in [0, 0.1) is 6.92 Å². The van der Waals surface area contributed by atoms with Crippen LogP contribution in [0.4, 0.5) is 10.5 Å². The van der Waals surface area contributed by atoms with Crippen molar-refractivity contribution in [1.82, 2.24) is 5.32 Å². The van der Waals surface area contributed by atoms with Crippen molar-refractivity contribution in [1.29, 1.82) is 0 Å². The number of urea groups is 1. The van der Waals surface area contributed by atoms with Crippen LogP contribution >= 0.6 is 0 Å². The summed E-state index contributed by atoms with van der Waals surface area (Å²) in [4.78, 5) is 13.4. The Kier molecular flexibility index (Phi) is 4.79. The van der Waals surface area contributed by atoms with E-state index in [0.717, 1.165) is 17.7 Å². The molecule has 0 aliphatic carbocycles. The Morgan fingerprint density at radius 3 is 2.81 bits per heavy atom. The standard InChI is InChI=1S/C12H19N3O/c1-10-5-3-6-11(9-10)15(8-4-7-13)12(16)14-2/h3,5-6,9H,4,7-8,13H2,1-2H3,(H,14,16). The molecule has 4 nitrogen and oxygen atoms in total. The molecule has 0 bridgehead atoms. The molecule has 0 heterocycles. The molecule has 0 aliphatic heterocycles. The van der Waals surface area contributed by atoms with Crippen LogP contribution in [0.25, 0.3) is 0 Å². The van der Waals surface area contributed by atoms with Crippen molar-refractivity contribution in [3.8, 4) is 0 Å². The van der Waals surface area contributed by atoms with Crippen molar-refractivity contribution in [2.75, 3.05) is 25.0 Å². The minimum absolute atomic E-state index is 0.0981. The molecule has 0 radical (unpaired) electrons. The summed E-state index contributed by atoms with van der Waals surface area (Å²) >= 11 is 0. The van der Waals surface area contributed by atoms with Crippen molar-refractivity contribution in [3.05, 3.63) is 29.8 Å². The SMILES string of the molecule is CNC(=O)N(CCCN)c1cccc(C)c1. The molecule has 2 amide bonds. The molecule has 3 N–H and O–H groups in total. The lowest BCUT2D eigenvalue weighted by Crippen LogP contribution is -2.39. The summed E-state index contributed by atoms with van der Waals surface area (Å²) in [6.07, 6.45) is 0.793. The highest BCUT2D eigenvalue weighted by Gasteiger charge is 2.13. The second kappa shape index (κ2) is 6.12.